The predicted octanol–water partition coefficient (Wildman–Crippen LogP) is 4.65. The molecule has 0 fully saturated rings. The van der Waals surface area contributed by atoms with Crippen LogP contribution in [0.2, 0.25) is 0 Å². The van der Waals surface area contributed by atoms with E-state index in [1.165, 1.54) is 24.3 Å². The molecular weight excluding hydrogens is 332 g/mol. The van der Waals surface area contributed by atoms with Crippen LogP contribution in [0, 0.1) is 18.6 Å². The van der Waals surface area contributed by atoms with Crippen molar-refractivity contribution in [1.29, 1.82) is 0 Å². The van der Waals surface area contributed by atoms with E-state index in [-0.39, 0.29) is 11.6 Å². The molecule has 0 amide bonds. The minimum atomic E-state index is -0.291. The zero-order valence-corrected chi connectivity index (χ0v) is 14.6. The molecule has 3 rings (SSSR count). The first-order valence-electron chi connectivity index (χ1n) is 8.49. The molecule has 134 valence electrons. The van der Waals surface area contributed by atoms with Gasteiger partial charge < -0.3 is 11.1 Å². The number of benzene rings is 2. The molecule has 0 unspecified atom stereocenters. The molecule has 0 saturated heterocycles. The molecule has 0 aliphatic heterocycles. The summed E-state index contributed by atoms with van der Waals surface area (Å²) in [5, 5.41) is 3.18. The first kappa shape index (κ1) is 17.9. The zero-order valence-electron chi connectivity index (χ0n) is 14.6. The Hall–Kier alpha value is -2.95. The highest BCUT2D eigenvalue weighted by atomic mass is 19.1. The summed E-state index contributed by atoms with van der Waals surface area (Å²) in [6, 6.07) is 15.0. The Kier molecular flexibility index (Phi) is 5.46. The number of halogens is 2. The van der Waals surface area contributed by atoms with Crippen LogP contribution in [0.1, 0.15) is 22.4 Å². The van der Waals surface area contributed by atoms with E-state index in [9.17, 15) is 8.78 Å². The number of hydrogen-bond acceptors (Lipinski definition) is 3. The van der Waals surface area contributed by atoms with Gasteiger partial charge in [0.05, 0.1) is 0 Å². The van der Waals surface area contributed by atoms with Crippen LogP contribution in [0.4, 0.5) is 20.3 Å². The Morgan fingerprint density at radius 3 is 2.38 bits per heavy atom. The van der Waals surface area contributed by atoms with Crippen LogP contribution in [0.15, 0.2) is 54.6 Å². The maximum Gasteiger partial charge on any atom is 0.125 e. The van der Waals surface area contributed by atoms with Crippen molar-refractivity contribution >= 4 is 11.5 Å². The van der Waals surface area contributed by atoms with Gasteiger partial charge in [-0.25, -0.2) is 13.8 Å². The summed E-state index contributed by atoms with van der Waals surface area (Å²) in [7, 11) is 0. The molecule has 0 spiro atoms. The SMILES string of the molecule is Cc1cc(N)nc(CCc2cc(F)cc(NCc3ccc(F)cc3)c2)c1. The third kappa shape index (κ3) is 5.02. The Balaban J connectivity index is 1.65. The number of nitrogen functional groups attached to an aromatic ring is 1. The number of aromatic nitrogens is 1. The Bertz CT molecular complexity index is 872. The van der Waals surface area contributed by atoms with Crippen LogP contribution in [0.25, 0.3) is 0 Å². The van der Waals surface area contributed by atoms with Crippen molar-refractivity contribution in [2.45, 2.75) is 26.3 Å². The zero-order chi connectivity index (χ0) is 18.5. The van der Waals surface area contributed by atoms with Crippen LogP contribution in [-0.4, -0.2) is 4.98 Å². The summed E-state index contributed by atoms with van der Waals surface area (Å²) in [4.78, 5) is 4.31. The van der Waals surface area contributed by atoms with Gasteiger partial charge in [-0.2, -0.15) is 0 Å². The van der Waals surface area contributed by atoms with Gasteiger partial charge in [0, 0.05) is 17.9 Å². The van der Waals surface area contributed by atoms with Crippen molar-refractivity contribution in [2.24, 2.45) is 0 Å². The number of nitrogens with one attached hydrogen (secondary N) is 1. The van der Waals surface area contributed by atoms with Crippen LogP contribution >= 0.6 is 0 Å². The number of aryl methyl sites for hydroxylation is 3. The molecule has 0 aliphatic rings. The molecular formula is C21H21F2N3. The normalized spacial score (nSPS) is 10.7. The lowest BCUT2D eigenvalue weighted by molar-refractivity contribution is 0.625. The van der Waals surface area contributed by atoms with Gasteiger partial charge in [0.2, 0.25) is 0 Å². The molecule has 0 atom stereocenters. The lowest BCUT2D eigenvalue weighted by atomic mass is 10.1. The molecule has 1 aromatic heterocycles. The van der Waals surface area contributed by atoms with Gasteiger partial charge in [-0.3, -0.25) is 0 Å². The summed E-state index contributed by atoms with van der Waals surface area (Å²) in [6.45, 7) is 2.47. The van der Waals surface area contributed by atoms with Crippen LogP contribution in [-0.2, 0) is 19.4 Å². The van der Waals surface area contributed by atoms with Crippen molar-refractivity contribution in [3.63, 3.8) is 0 Å². The summed E-state index contributed by atoms with van der Waals surface area (Å²) >= 11 is 0. The molecule has 0 radical (unpaired) electrons. The average molecular weight is 353 g/mol. The molecule has 3 N–H and O–H groups in total. The van der Waals surface area contributed by atoms with Gasteiger partial charge in [0.25, 0.3) is 0 Å². The minimum absolute atomic E-state index is 0.271. The van der Waals surface area contributed by atoms with Crippen molar-refractivity contribution in [3.05, 3.63) is 88.6 Å². The van der Waals surface area contributed by atoms with E-state index < -0.39 is 0 Å². The Labute approximate surface area is 151 Å². The molecule has 0 aliphatic carbocycles. The summed E-state index contributed by atoms with van der Waals surface area (Å²) in [5.74, 6) is -0.0612. The number of nitrogens with zero attached hydrogens (tertiary/aromatic N) is 1. The van der Waals surface area contributed by atoms with E-state index in [4.69, 9.17) is 5.73 Å². The topological polar surface area (TPSA) is 50.9 Å². The van der Waals surface area contributed by atoms with Crippen molar-refractivity contribution in [1.82, 2.24) is 4.98 Å². The smallest absolute Gasteiger partial charge is 0.125 e. The summed E-state index contributed by atoms with van der Waals surface area (Å²) in [5.41, 5.74) is 10.2. The second-order valence-electron chi connectivity index (χ2n) is 6.39. The largest absolute Gasteiger partial charge is 0.384 e. The molecule has 0 saturated carbocycles. The van der Waals surface area contributed by atoms with E-state index in [2.05, 4.69) is 10.3 Å². The molecule has 3 aromatic rings. The first-order valence-corrected chi connectivity index (χ1v) is 8.49. The number of hydrogen-bond donors (Lipinski definition) is 2. The van der Waals surface area contributed by atoms with Gasteiger partial charge in [0.1, 0.15) is 17.5 Å². The van der Waals surface area contributed by atoms with Gasteiger partial charge in [-0.1, -0.05) is 12.1 Å². The van der Waals surface area contributed by atoms with E-state index in [0.717, 1.165) is 22.4 Å². The van der Waals surface area contributed by atoms with E-state index >= 15 is 0 Å². The fourth-order valence-electron chi connectivity index (χ4n) is 2.87. The second-order valence-corrected chi connectivity index (χ2v) is 6.39. The number of pyridine rings is 1. The molecule has 26 heavy (non-hydrogen) atoms. The summed E-state index contributed by atoms with van der Waals surface area (Å²) in [6.07, 6.45) is 1.35. The van der Waals surface area contributed by atoms with E-state index in [1.54, 1.807) is 12.1 Å². The van der Waals surface area contributed by atoms with E-state index in [0.29, 0.717) is 30.9 Å². The maximum atomic E-state index is 13.9. The summed E-state index contributed by atoms with van der Waals surface area (Å²) < 4.78 is 26.9. The highest BCUT2D eigenvalue weighted by molar-refractivity contribution is 5.47. The lowest BCUT2D eigenvalue weighted by Crippen LogP contribution is -2.02. The Morgan fingerprint density at radius 2 is 1.65 bits per heavy atom. The molecule has 5 heteroatoms. The Morgan fingerprint density at radius 1 is 0.885 bits per heavy atom. The molecule has 3 nitrogen and oxygen atoms in total. The lowest BCUT2D eigenvalue weighted by Gasteiger charge is -2.10. The highest BCUT2D eigenvalue weighted by Gasteiger charge is 2.04. The van der Waals surface area contributed by atoms with Crippen molar-refractivity contribution in [3.8, 4) is 0 Å². The average Bonchev–Trinajstić information content (AvgIpc) is 2.58. The van der Waals surface area contributed by atoms with Gasteiger partial charge in [-0.15, -0.1) is 0 Å². The van der Waals surface area contributed by atoms with Gasteiger partial charge in [-0.05, 0) is 78.9 Å². The molecule has 1 heterocycles. The van der Waals surface area contributed by atoms with Crippen LogP contribution in [0.3, 0.4) is 0 Å². The van der Waals surface area contributed by atoms with Crippen LogP contribution < -0.4 is 11.1 Å². The first-order chi connectivity index (χ1) is 12.5. The van der Waals surface area contributed by atoms with Gasteiger partial charge in [0.15, 0.2) is 0 Å². The third-order valence-electron chi connectivity index (χ3n) is 4.08. The highest BCUT2D eigenvalue weighted by Crippen LogP contribution is 2.18. The third-order valence-corrected chi connectivity index (χ3v) is 4.08. The quantitative estimate of drug-likeness (QED) is 0.678. The number of rotatable bonds is 6. The van der Waals surface area contributed by atoms with E-state index in [1.807, 2.05) is 25.1 Å². The second kappa shape index (κ2) is 7.95. The molecule has 0 bridgehead atoms. The predicted molar refractivity (Wildman–Crippen MR) is 101 cm³/mol. The maximum absolute atomic E-state index is 13.9. The number of anilines is 2. The van der Waals surface area contributed by atoms with Crippen molar-refractivity contribution in [2.75, 3.05) is 11.1 Å². The fraction of sp³-hybridized carbons (Fsp3) is 0.190. The fourth-order valence-corrected chi connectivity index (χ4v) is 2.87. The standard InChI is InChI=1S/C21H21F2N3/c1-14-8-19(26-21(24)9-14)7-4-16-10-18(23)12-20(11-16)25-13-15-2-5-17(22)6-3-15/h2-3,5-6,8-12,25H,4,7,13H2,1H3,(H2,24,26). The molecule has 2 aromatic carbocycles. The van der Waals surface area contributed by atoms with Crippen molar-refractivity contribution < 1.29 is 8.78 Å². The number of nitrogens with two attached hydrogens (primary N) is 1. The monoisotopic (exact) mass is 353 g/mol. The minimum Gasteiger partial charge on any atom is -0.384 e. The van der Waals surface area contributed by atoms with Gasteiger partial charge >= 0.3 is 0 Å². The van der Waals surface area contributed by atoms with Crippen LogP contribution in [0.5, 0.6) is 0 Å².